The van der Waals surface area contributed by atoms with Gasteiger partial charge >= 0.3 is 5.97 Å². The van der Waals surface area contributed by atoms with Crippen molar-refractivity contribution in [2.24, 2.45) is 5.92 Å². The van der Waals surface area contributed by atoms with Gasteiger partial charge in [-0.15, -0.1) is 0 Å². The summed E-state index contributed by atoms with van der Waals surface area (Å²) >= 11 is 0. The quantitative estimate of drug-likeness (QED) is 0.787. The van der Waals surface area contributed by atoms with Crippen molar-refractivity contribution in [1.82, 2.24) is 4.57 Å². The molecule has 2 N–H and O–H groups in total. The number of sulfonamides is 1. The molecular formula is C14H20N2O5S. The van der Waals surface area contributed by atoms with Crippen molar-refractivity contribution in [2.75, 3.05) is 4.72 Å². The molecule has 1 aliphatic carbocycles. The smallest absolute Gasteiger partial charge is 0.326 e. The second-order valence-corrected chi connectivity index (χ2v) is 7.93. The minimum Gasteiger partial charge on any atom is -0.480 e. The van der Waals surface area contributed by atoms with E-state index in [4.69, 9.17) is 0 Å². The number of nitrogens with zero attached hydrogens (tertiary/aromatic N) is 1. The van der Waals surface area contributed by atoms with Crippen LogP contribution in [0.2, 0.25) is 0 Å². The number of hydrogen-bond donors (Lipinski definition) is 2. The van der Waals surface area contributed by atoms with Gasteiger partial charge in [0.15, 0.2) is 0 Å². The van der Waals surface area contributed by atoms with Gasteiger partial charge in [-0.25, -0.2) is 13.2 Å². The van der Waals surface area contributed by atoms with Gasteiger partial charge in [-0.05, 0) is 37.3 Å². The van der Waals surface area contributed by atoms with E-state index >= 15 is 0 Å². The third-order valence-corrected chi connectivity index (χ3v) is 5.36. The normalized spacial score (nSPS) is 16.5. The first-order chi connectivity index (χ1) is 10.2. The molecule has 1 aliphatic rings. The van der Waals surface area contributed by atoms with Crippen molar-refractivity contribution in [1.29, 1.82) is 0 Å². The Bertz CT molecular complexity index is 719. The van der Waals surface area contributed by atoms with Crippen LogP contribution in [0.1, 0.15) is 39.2 Å². The van der Waals surface area contributed by atoms with Crippen LogP contribution in [0.3, 0.4) is 0 Å². The predicted molar refractivity (Wildman–Crippen MR) is 82.4 cm³/mol. The van der Waals surface area contributed by atoms with Crippen LogP contribution in [0.25, 0.3) is 0 Å². The van der Waals surface area contributed by atoms with E-state index in [0.717, 1.165) is 4.57 Å². The molecule has 0 aliphatic heterocycles. The average molecular weight is 328 g/mol. The van der Waals surface area contributed by atoms with Gasteiger partial charge in [-0.2, -0.15) is 0 Å². The standard InChI is InChI=1S/C14H20N2O5S/c1-9(2)8-12(14(18)19)16-7-3-4-11(13(16)17)15-22(20,21)10-5-6-10/h3-4,7,9-10,12,15H,5-6,8H2,1-2H3,(H,18,19)/t12-/m0/s1. The summed E-state index contributed by atoms with van der Waals surface area (Å²) in [6, 6.07) is 1.81. The lowest BCUT2D eigenvalue weighted by atomic mass is 10.0. The highest BCUT2D eigenvalue weighted by Crippen LogP contribution is 2.29. The predicted octanol–water partition coefficient (Wildman–Crippen LogP) is 1.42. The molecule has 0 spiro atoms. The van der Waals surface area contributed by atoms with Crippen LogP contribution >= 0.6 is 0 Å². The molecule has 1 aromatic heterocycles. The molecule has 8 heteroatoms. The molecule has 1 heterocycles. The van der Waals surface area contributed by atoms with Crippen molar-refractivity contribution in [3.63, 3.8) is 0 Å². The van der Waals surface area contributed by atoms with Crippen LogP contribution in [-0.2, 0) is 14.8 Å². The molecule has 1 aromatic rings. The van der Waals surface area contributed by atoms with Crippen LogP contribution in [0.4, 0.5) is 5.69 Å². The van der Waals surface area contributed by atoms with E-state index in [1.54, 1.807) is 0 Å². The van der Waals surface area contributed by atoms with Crippen molar-refractivity contribution in [3.8, 4) is 0 Å². The SMILES string of the molecule is CC(C)C[C@@H](C(=O)O)n1cccc(NS(=O)(=O)C2CC2)c1=O. The fourth-order valence-corrected chi connectivity index (χ4v) is 3.61. The molecule has 122 valence electrons. The van der Waals surface area contributed by atoms with Crippen LogP contribution in [0.5, 0.6) is 0 Å². The molecule has 1 atom stereocenters. The van der Waals surface area contributed by atoms with Crippen LogP contribution < -0.4 is 10.3 Å². The van der Waals surface area contributed by atoms with Crippen LogP contribution in [0.15, 0.2) is 23.1 Å². The highest BCUT2D eigenvalue weighted by Gasteiger charge is 2.36. The molecule has 1 saturated carbocycles. The number of carboxylic acids is 1. The fourth-order valence-electron chi connectivity index (χ4n) is 2.23. The Morgan fingerprint density at radius 2 is 2.09 bits per heavy atom. The second kappa shape index (κ2) is 6.12. The lowest BCUT2D eigenvalue weighted by Crippen LogP contribution is -2.33. The third kappa shape index (κ3) is 3.68. The Kier molecular flexibility index (Phi) is 4.60. The van der Waals surface area contributed by atoms with E-state index in [9.17, 15) is 23.1 Å². The molecule has 0 radical (unpaired) electrons. The molecule has 0 amide bonds. The Morgan fingerprint density at radius 3 is 2.59 bits per heavy atom. The summed E-state index contributed by atoms with van der Waals surface area (Å²) in [7, 11) is -3.56. The Morgan fingerprint density at radius 1 is 1.45 bits per heavy atom. The maximum Gasteiger partial charge on any atom is 0.326 e. The second-order valence-electron chi connectivity index (χ2n) is 5.96. The maximum absolute atomic E-state index is 12.4. The van der Waals surface area contributed by atoms with E-state index in [1.807, 2.05) is 13.8 Å². The zero-order chi connectivity index (χ0) is 16.5. The number of carboxylic acid groups (broad SMARTS) is 1. The summed E-state index contributed by atoms with van der Waals surface area (Å²) in [5, 5.41) is 8.87. The number of anilines is 1. The largest absolute Gasteiger partial charge is 0.480 e. The number of nitrogens with one attached hydrogen (secondary N) is 1. The third-order valence-electron chi connectivity index (χ3n) is 3.51. The lowest BCUT2D eigenvalue weighted by Gasteiger charge is -2.18. The average Bonchev–Trinajstić information content (AvgIpc) is 3.23. The molecule has 0 bridgehead atoms. The van der Waals surface area contributed by atoms with E-state index < -0.39 is 32.8 Å². The lowest BCUT2D eigenvalue weighted by molar-refractivity contribution is -0.141. The van der Waals surface area contributed by atoms with E-state index in [1.165, 1.54) is 18.3 Å². The van der Waals surface area contributed by atoms with Gasteiger partial charge in [0, 0.05) is 6.20 Å². The molecule has 1 fully saturated rings. The molecule has 0 aromatic carbocycles. The first-order valence-corrected chi connectivity index (χ1v) is 8.72. The minimum absolute atomic E-state index is 0.0832. The van der Waals surface area contributed by atoms with Gasteiger partial charge in [-0.3, -0.25) is 14.1 Å². The number of carbonyl (C=O) groups is 1. The number of pyridine rings is 1. The van der Waals surface area contributed by atoms with Gasteiger partial charge in [0.1, 0.15) is 11.7 Å². The maximum atomic E-state index is 12.4. The minimum atomic E-state index is -3.56. The monoisotopic (exact) mass is 328 g/mol. The van der Waals surface area contributed by atoms with Crippen molar-refractivity contribution in [3.05, 3.63) is 28.7 Å². The fraction of sp³-hybridized carbons (Fsp3) is 0.571. The number of hydrogen-bond acceptors (Lipinski definition) is 4. The molecule has 7 nitrogen and oxygen atoms in total. The van der Waals surface area contributed by atoms with Gasteiger partial charge in [0.25, 0.3) is 5.56 Å². The summed E-state index contributed by atoms with van der Waals surface area (Å²) in [4.78, 5) is 23.8. The highest BCUT2D eigenvalue weighted by molar-refractivity contribution is 7.93. The number of aliphatic carboxylic acids is 1. The first-order valence-electron chi connectivity index (χ1n) is 7.18. The van der Waals surface area contributed by atoms with Gasteiger partial charge in [-0.1, -0.05) is 13.8 Å². The summed E-state index contributed by atoms with van der Waals surface area (Å²) < 4.78 is 27.2. The first kappa shape index (κ1) is 16.5. The number of aromatic nitrogens is 1. The van der Waals surface area contributed by atoms with Gasteiger partial charge in [0.2, 0.25) is 10.0 Å². The molecule has 0 saturated heterocycles. The van der Waals surface area contributed by atoms with E-state index in [2.05, 4.69) is 4.72 Å². The molecule has 2 rings (SSSR count). The summed E-state index contributed by atoms with van der Waals surface area (Å²) in [6.07, 6.45) is 2.83. The highest BCUT2D eigenvalue weighted by atomic mass is 32.2. The van der Waals surface area contributed by atoms with Crippen LogP contribution in [-0.4, -0.2) is 29.3 Å². The Balaban J connectivity index is 2.36. The summed E-state index contributed by atoms with van der Waals surface area (Å²) in [6.45, 7) is 3.72. The van der Waals surface area contributed by atoms with Crippen molar-refractivity contribution < 1.29 is 18.3 Å². The van der Waals surface area contributed by atoms with Crippen molar-refractivity contribution >= 4 is 21.7 Å². The molecule has 22 heavy (non-hydrogen) atoms. The topological polar surface area (TPSA) is 105 Å². The van der Waals surface area contributed by atoms with E-state index in [-0.39, 0.29) is 18.0 Å². The zero-order valence-electron chi connectivity index (χ0n) is 12.5. The number of rotatable bonds is 7. The van der Waals surface area contributed by atoms with Crippen molar-refractivity contribution in [2.45, 2.75) is 44.4 Å². The van der Waals surface area contributed by atoms with Gasteiger partial charge < -0.3 is 5.11 Å². The van der Waals surface area contributed by atoms with Crippen LogP contribution in [0, 0.1) is 5.92 Å². The van der Waals surface area contributed by atoms with E-state index in [0.29, 0.717) is 12.8 Å². The molecule has 0 unspecified atom stereocenters. The summed E-state index contributed by atoms with van der Waals surface area (Å²) in [5.74, 6) is -1.03. The summed E-state index contributed by atoms with van der Waals surface area (Å²) in [5.41, 5.74) is -0.746. The Labute approximate surface area is 129 Å². The zero-order valence-corrected chi connectivity index (χ0v) is 13.3. The molecular weight excluding hydrogens is 308 g/mol. The Hall–Kier alpha value is -1.83. The van der Waals surface area contributed by atoms with Gasteiger partial charge in [0.05, 0.1) is 5.25 Å².